The van der Waals surface area contributed by atoms with Gasteiger partial charge >= 0.3 is 0 Å². The molecule has 0 bridgehead atoms. The molecule has 0 aliphatic carbocycles. The van der Waals surface area contributed by atoms with Crippen molar-refractivity contribution in [1.82, 2.24) is 4.57 Å². The number of rotatable bonds is 0. The Hall–Kier alpha value is -0.630. The molecule has 1 nitrogen and oxygen atoms in total. The summed E-state index contributed by atoms with van der Waals surface area (Å²) < 4.78 is 2.81. The molecule has 1 aromatic heterocycles. The van der Waals surface area contributed by atoms with Crippen molar-refractivity contribution in [2.24, 2.45) is 7.05 Å². The van der Waals surface area contributed by atoms with Crippen molar-refractivity contribution in [3.63, 3.8) is 0 Å². The molecule has 0 radical (unpaired) electrons. The number of nitrogens with zero attached hydrogens (tertiary/aromatic N) is 1. The van der Waals surface area contributed by atoms with Gasteiger partial charge in [0.15, 0.2) is 0 Å². The Bertz CT molecular complexity index is 262. The van der Waals surface area contributed by atoms with E-state index in [1.54, 1.807) is 0 Å². The zero-order chi connectivity index (χ0) is 6.85. The smallest absolute Gasteiger partial charge is 0.105 e. The first-order valence-corrected chi connectivity index (χ1v) is 3.24. The third-order valence-electron chi connectivity index (χ3n) is 1.23. The molecule has 0 atom stereocenters. The minimum absolute atomic E-state index is 0.876. The molecule has 1 heterocycles. The third kappa shape index (κ3) is 1.39. The summed E-state index contributed by atoms with van der Waals surface area (Å²) >= 11 is 4.98. The summed E-state index contributed by atoms with van der Waals surface area (Å²) in [6.07, 6.45) is 2.02. The molecule has 0 fully saturated rings. The molecule has 9 heavy (non-hydrogen) atoms. The van der Waals surface area contributed by atoms with Crippen molar-refractivity contribution in [1.29, 1.82) is 0 Å². The Morgan fingerprint density at radius 1 is 1.44 bits per heavy atom. The summed E-state index contributed by atoms with van der Waals surface area (Å²) in [5.74, 6) is 0. The zero-order valence-corrected chi connectivity index (χ0v) is 6.40. The van der Waals surface area contributed by atoms with Crippen LogP contribution in [0.5, 0.6) is 0 Å². The summed E-state index contributed by atoms with van der Waals surface area (Å²) in [5.41, 5.74) is 1.24. The van der Waals surface area contributed by atoms with E-state index >= 15 is 0 Å². The van der Waals surface area contributed by atoms with Crippen molar-refractivity contribution >= 4 is 12.2 Å². The average molecular weight is 139 g/mol. The molecule has 0 saturated heterocycles. The van der Waals surface area contributed by atoms with Gasteiger partial charge in [0.1, 0.15) is 4.64 Å². The second-order valence-corrected chi connectivity index (χ2v) is 2.57. The van der Waals surface area contributed by atoms with Crippen LogP contribution in [0.4, 0.5) is 0 Å². The van der Waals surface area contributed by atoms with Crippen LogP contribution in [0, 0.1) is 11.6 Å². The highest BCUT2D eigenvalue weighted by atomic mass is 32.1. The van der Waals surface area contributed by atoms with E-state index in [0.29, 0.717) is 0 Å². The Labute approximate surface area is 59.9 Å². The number of hydrogen-bond donors (Lipinski definition) is 0. The fraction of sp³-hybridized carbons (Fsp3) is 0.286. The third-order valence-corrected chi connectivity index (χ3v) is 1.66. The highest BCUT2D eigenvalue weighted by molar-refractivity contribution is 7.71. The molecule has 2 heteroatoms. The molecule has 1 rings (SSSR count). The average Bonchev–Trinajstić information content (AvgIpc) is 1.80. The first kappa shape index (κ1) is 6.49. The van der Waals surface area contributed by atoms with Crippen LogP contribution in [0.3, 0.4) is 0 Å². The quantitative estimate of drug-likeness (QED) is 0.498. The van der Waals surface area contributed by atoms with Crippen molar-refractivity contribution in [2.75, 3.05) is 0 Å². The number of aryl methyl sites for hydroxylation is 2. The van der Waals surface area contributed by atoms with E-state index in [1.807, 2.05) is 29.9 Å². The van der Waals surface area contributed by atoms with Crippen molar-refractivity contribution in [2.45, 2.75) is 6.92 Å². The van der Waals surface area contributed by atoms with Crippen molar-refractivity contribution in [3.05, 3.63) is 28.5 Å². The highest BCUT2D eigenvalue weighted by Crippen LogP contribution is 1.95. The molecule has 0 saturated carbocycles. The molecule has 0 aliphatic rings. The summed E-state index contributed by atoms with van der Waals surface area (Å²) in [7, 11) is 1.95. The molecule has 0 amide bonds. The van der Waals surface area contributed by atoms with Crippen LogP contribution >= 0.6 is 12.2 Å². The summed E-state index contributed by atoms with van der Waals surface area (Å²) in [5, 5.41) is 0. The van der Waals surface area contributed by atoms with Gasteiger partial charge in [-0.05, 0) is 18.6 Å². The SMILES string of the molecule is Cc1ccc(=S)n(C)c1. The summed E-state index contributed by atoms with van der Waals surface area (Å²) in [4.78, 5) is 0. The first-order chi connectivity index (χ1) is 4.20. The van der Waals surface area contributed by atoms with Crippen LogP contribution in [0.25, 0.3) is 0 Å². The highest BCUT2D eigenvalue weighted by Gasteiger charge is 1.83. The van der Waals surface area contributed by atoms with E-state index < -0.39 is 0 Å². The Balaban J connectivity index is 3.34. The van der Waals surface area contributed by atoms with Gasteiger partial charge in [-0.2, -0.15) is 0 Å². The molecule has 0 N–H and O–H groups in total. The minimum Gasteiger partial charge on any atom is -0.342 e. The topological polar surface area (TPSA) is 4.93 Å². The maximum Gasteiger partial charge on any atom is 0.105 e. The monoisotopic (exact) mass is 139 g/mol. The predicted molar refractivity (Wildman–Crippen MR) is 41.0 cm³/mol. The standard InChI is InChI=1S/C7H9NS/c1-6-3-4-7(9)8(2)5-6/h3-5H,1-2H3. The van der Waals surface area contributed by atoms with E-state index in [4.69, 9.17) is 12.2 Å². The fourth-order valence-electron chi connectivity index (χ4n) is 0.732. The Morgan fingerprint density at radius 3 is 2.56 bits per heavy atom. The van der Waals surface area contributed by atoms with Gasteiger partial charge in [0.25, 0.3) is 0 Å². The lowest BCUT2D eigenvalue weighted by molar-refractivity contribution is 0.878. The number of aromatic nitrogens is 1. The lowest BCUT2D eigenvalue weighted by Crippen LogP contribution is -1.90. The second kappa shape index (κ2) is 2.31. The molecule has 1 aromatic rings. The Kier molecular flexibility index (Phi) is 1.67. The van der Waals surface area contributed by atoms with Crippen LogP contribution in [0.1, 0.15) is 5.56 Å². The molecular weight excluding hydrogens is 130 g/mol. The largest absolute Gasteiger partial charge is 0.342 e. The lowest BCUT2D eigenvalue weighted by Gasteiger charge is -1.97. The van der Waals surface area contributed by atoms with Crippen molar-refractivity contribution < 1.29 is 0 Å². The van der Waals surface area contributed by atoms with Gasteiger partial charge < -0.3 is 4.57 Å². The molecule has 48 valence electrons. The van der Waals surface area contributed by atoms with Gasteiger partial charge in [0.05, 0.1) is 0 Å². The lowest BCUT2D eigenvalue weighted by atomic mass is 10.3. The zero-order valence-electron chi connectivity index (χ0n) is 5.59. The van der Waals surface area contributed by atoms with Gasteiger partial charge in [0, 0.05) is 13.2 Å². The van der Waals surface area contributed by atoms with E-state index in [9.17, 15) is 0 Å². The second-order valence-electron chi connectivity index (χ2n) is 2.16. The van der Waals surface area contributed by atoms with Gasteiger partial charge in [-0.1, -0.05) is 18.3 Å². The fourth-order valence-corrected chi connectivity index (χ4v) is 0.853. The van der Waals surface area contributed by atoms with Crippen LogP contribution < -0.4 is 0 Å². The van der Waals surface area contributed by atoms with Crippen LogP contribution in [0.2, 0.25) is 0 Å². The Morgan fingerprint density at radius 2 is 2.11 bits per heavy atom. The maximum atomic E-state index is 4.98. The molecular formula is C7H9NS. The van der Waals surface area contributed by atoms with Crippen LogP contribution in [0.15, 0.2) is 18.3 Å². The van der Waals surface area contributed by atoms with Gasteiger partial charge in [-0.25, -0.2) is 0 Å². The van der Waals surface area contributed by atoms with E-state index in [1.165, 1.54) is 5.56 Å². The van der Waals surface area contributed by atoms with Crippen molar-refractivity contribution in [3.8, 4) is 0 Å². The molecule has 0 spiro atoms. The van der Waals surface area contributed by atoms with Gasteiger partial charge in [-0.15, -0.1) is 0 Å². The summed E-state index contributed by atoms with van der Waals surface area (Å²) in [6.45, 7) is 2.05. The van der Waals surface area contributed by atoms with E-state index in [0.717, 1.165) is 4.64 Å². The molecule has 0 unspecified atom stereocenters. The number of pyridine rings is 1. The van der Waals surface area contributed by atoms with Crippen LogP contribution in [-0.4, -0.2) is 4.57 Å². The predicted octanol–water partition coefficient (Wildman–Crippen LogP) is 2.06. The summed E-state index contributed by atoms with van der Waals surface area (Å²) in [6, 6.07) is 3.95. The molecule has 0 aromatic carbocycles. The van der Waals surface area contributed by atoms with Crippen LogP contribution in [-0.2, 0) is 7.05 Å². The van der Waals surface area contributed by atoms with Gasteiger partial charge in [-0.3, -0.25) is 0 Å². The molecule has 0 aliphatic heterocycles. The minimum atomic E-state index is 0.876. The van der Waals surface area contributed by atoms with Gasteiger partial charge in [0.2, 0.25) is 0 Å². The number of hydrogen-bond acceptors (Lipinski definition) is 1. The normalized spacial score (nSPS) is 9.56. The van der Waals surface area contributed by atoms with E-state index in [-0.39, 0.29) is 0 Å². The first-order valence-electron chi connectivity index (χ1n) is 2.83. The van der Waals surface area contributed by atoms with E-state index in [2.05, 4.69) is 6.92 Å². The maximum absolute atomic E-state index is 4.98.